The molecule has 0 spiro atoms. The Morgan fingerprint density at radius 1 is 1.33 bits per heavy atom. The van der Waals surface area contributed by atoms with Gasteiger partial charge in [-0.15, -0.1) is 0 Å². The normalized spacial score (nSPS) is 17.3. The van der Waals surface area contributed by atoms with Crippen molar-refractivity contribution in [2.45, 2.75) is 38.6 Å². The van der Waals surface area contributed by atoms with E-state index in [1.54, 1.807) is 17.7 Å². The fourth-order valence-electron chi connectivity index (χ4n) is 2.87. The van der Waals surface area contributed by atoms with Gasteiger partial charge in [-0.1, -0.05) is 19.3 Å². The Kier molecular flexibility index (Phi) is 4.59. The van der Waals surface area contributed by atoms with Crippen molar-refractivity contribution < 1.29 is 0 Å². The largest absolute Gasteiger partial charge is 0.319 e. The van der Waals surface area contributed by atoms with Crippen LogP contribution in [0.1, 0.15) is 37.7 Å². The minimum Gasteiger partial charge on any atom is -0.319 e. The summed E-state index contributed by atoms with van der Waals surface area (Å²) in [7, 11) is 3.95. The highest BCUT2D eigenvalue weighted by Gasteiger charge is 2.15. The molecule has 0 bridgehead atoms. The van der Waals surface area contributed by atoms with E-state index in [0.717, 1.165) is 24.6 Å². The van der Waals surface area contributed by atoms with Crippen LogP contribution in [0.15, 0.2) is 23.1 Å². The highest BCUT2D eigenvalue weighted by atomic mass is 16.1. The number of rotatable bonds is 4. The van der Waals surface area contributed by atoms with Crippen LogP contribution in [0.5, 0.6) is 0 Å². The minimum atomic E-state index is 0.0820. The average molecular weight is 248 g/mol. The molecule has 1 aromatic heterocycles. The van der Waals surface area contributed by atoms with Crippen molar-refractivity contribution in [2.75, 3.05) is 13.6 Å². The SMILES string of the molecule is CN(Cc1ccn(C)c(=O)c1)CC1CCCCC1. The van der Waals surface area contributed by atoms with Gasteiger partial charge in [0.05, 0.1) is 0 Å². The molecular weight excluding hydrogens is 224 g/mol. The van der Waals surface area contributed by atoms with Crippen LogP contribution in [0, 0.1) is 5.92 Å². The average Bonchev–Trinajstić information content (AvgIpc) is 2.35. The second-order valence-corrected chi connectivity index (χ2v) is 5.68. The molecule has 1 saturated carbocycles. The van der Waals surface area contributed by atoms with E-state index in [9.17, 15) is 4.79 Å². The number of hydrogen-bond donors (Lipinski definition) is 0. The molecule has 0 saturated heterocycles. The van der Waals surface area contributed by atoms with E-state index in [2.05, 4.69) is 11.9 Å². The lowest BCUT2D eigenvalue weighted by molar-refractivity contribution is 0.228. The zero-order chi connectivity index (χ0) is 13.0. The lowest BCUT2D eigenvalue weighted by atomic mass is 9.89. The van der Waals surface area contributed by atoms with Crippen LogP contribution in [-0.4, -0.2) is 23.1 Å². The quantitative estimate of drug-likeness (QED) is 0.817. The van der Waals surface area contributed by atoms with Gasteiger partial charge in [0.15, 0.2) is 0 Å². The molecule has 0 unspecified atom stereocenters. The molecule has 1 aromatic rings. The van der Waals surface area contributed by atoms with Crippen molar-refractivity contribution in [1.82, 2.24) is 9.47 Å². The smallest absolute Gasteiger partial charge is 0.250 e. The van der Waals surface area contributed by atoms with E-state index in [1.165, 1.54) is 32.1 Å². The molecule has 0 amide bonds. The molecule has 0 atom stereocenters. The van der Waals surface area contributed by atoms with Gasteiger partial charge < -0.3 is 9.47 Å². The number of aromatic nitrogens is 1. The third kappa shape index (κ3) is 3.70. The molecule has 3 heteroatoms. The molecule has 0 aliphatic heterocycles. The zero-order valence-corrected chi connectivity index (χ0v) is 11.6. The molecule has 18 heavy (non-hydrogen) atoms. The first-order valence-electron chi connectivity index (χ1n) is 6.99. The van der Waals surface area contributed by atoms with Gasteiger partial charge in [0.1, 0.15) is 0 Å². The zero-order valence-electron chi connectivity index (χ0n) is 11.6. The van der Waals surface area contributed by atoms with Crippen LogP contribution in [0.2, 0.25) is 0 Å². The molecule has 1 aliphatic carbocycles. The molecule has 1 aliphatic rings. The summed E-state index contributed by atoms with van der Waals surface area (Å²) >= 11 is 0. The molecule has 2 rings (SSSR count). The van der Waals surface area contributed by atoms with Gasteiger partial charge in [-0.2, -0.15) is 0 Å². The summed E-state index contributed by atoms with van der Waals surface area (Å²) in [5, 5.41) is 0. The maximum Gasteiger partial charge on any atom is 0.250 e. The Hall–Kier alpha value is -1.09. The van der Waals surface area contributed by atoms with Crippen LogP contribution in [0.25, 0.3) is 0 Å². The summed E-state index contributed by atoms with van der Waals surface area (Å²) in [5.74, 6) is 0.857. The lowest BCUT2D eigenvalue weighted by Gasteiger charge is -2.27. The minimum absolute atomic E-state index is 0.0820. The van der Waals surface area contributed by atoms with Crippen LogP contribution < -0.4 is 5.56 Å². The standard InChI is InChI=1S/C15H24N2O/c1-16(11-13-6-4-3-5-7-13)12-14-8-9-17(2)15(18)10-14/h8-10,13H,3-7,11-12H2,1-2H3. The van der Waals surface area contributed by atoms with E-state index < -0.39 is 0 Å². The second kappa shape index (κ2) is 6.19. The first-order chi connectivity index (χ1) is 8.65. The highest BCUT2D eigenvalue weighted by molar-refractivity contribution is 5.10. The van der Waals surface area contributed by atoms with Crippen molar-refractivity contribution >= 4 is 0 Å². The summed E-state index contributed by atoms with van der Waals surface area (Å²) < 4.78 is 1.62. The molecular formula is C15H24N2O. The molecule has 0 N–H and O–H groups in total. The Bertz CT molecular complexity index is 432. The van der Waals surface area contributed by atoms with Gasteiger partial charge in [-0.05, 0) is 37.4 Å². The predicted octanol–water partition coefficient (Wildman–Crippen LogP) is 2.40. The lowest BCUT2D eigenvalue weighted by Crippen LogP contribution is -2.27. The van der Waals surface area contributed by atoms with Crippen molar-refractivity contribution in [3.05, 3.63) is 34.2 Å². The number of nitrogens with zero attached hydrogens (tertiary/aromatic N) is 2. The van der Waals surface area contributed by atoms with Gasteiger partial charge in [0.25, 0.3) is 5.56 Å². The van der Waals surface area contributed by atoms with Gasteiger partial charge in [0, 0.05) is 32.4 Å². The van der Waals surface area contributed by atoms with E-state index in [-0.39, 0.29) is 5.56 Å². The Morgan fingerprint density at radius 3 is 2.72 bits per heavy atom. The van der Waals surface area contributed by atoms with E-state index >= 15 is 0 Å². The number of pyridine rings is 1. The van der Waals surface area contributed by atoms with Crippen molar-refractivity contribution in [1.29, 1.82) is 0 Å². The summed E-state index contributed by atoms with van der Waals surface area (Å²) in [5.41, 5.74) is 1.20. The molecule has 3 nitrogen and oxygen atoms in total. The summed E-state index contributed by atoms with van der Waals surface area (Å²) in [6.45, 7) is 2.04. The summed E-state index contributed by atoms with van der Waals surface area (Å²) in [4.78, 5) is 13.9. The van der Waals surface area contributed by atoms with Crippen molar-refractivity contribution in [2.24, 2.45) is 13.0 Å². The van der Waals surface area contributed by atoms with Crippen LogP contribution in [-0.2, 0) is 13.6 Å². The number of hydrogen-bond acceptors (Lipinski definition) is 2. The van der Waals surface area contributed by atoms with E-state index in [1.807, 2.05) is 12.3 Å². The predicted molar refractivity (Wildman–Crippen MR) is 74.6 cm³/mol. The van der Waals surface area contributed by atoms with Crippen LogP contribution in [0.4, 0.5) is 0 Å². The van der Waals surface area contributed by atoms with Crippen molar-refractivity contribution in [3.63, 3.8) is 0 Å². The molecule has 1 heterocycles. The van der Waals surface area contributed by atoms with Crippen LogP contribution >= 0.6 is 0 Å². The molecule has 0 aromatic carbocycles. The fourth-order valence-corrected chi connectivity index (χ4v) is 2.87. The van der Waals surface area contributed by atoms with Gasteiger partial charge in [0.2, 0.25) is 0 Å². The van der Waals surface area contributed by atoms with Gasteiger partial charge in [-0.25, -0.2) is 0 Å². The van der Waals surface area contributed by atoms with E-state index in [0.29, 0.717) is 0 Å². The first-order valence-corrected chi connectivity index (χ1v) is 6.99. The third-order valence-electron chi connectivity index (χ3n) is 3.92. The Morgan fingerprint density at radius 2 is 2.06 bits per heavy atom. The monoisotopic (exact) mass is 248 g/mol. The maximum atomic E-state index is 11.6. The molecule has 0 radical (unpaired) electrons. The van der Waals surface area contributed by atoms with Crippen molar-refractivity contribution in [3.8, 4) is 0 Å². The van der Waals surface area contributed by atoms with E-state index in [4.69, 9.17) is 0 Å². The Labute approximate surface area is 109 Å². The van der Waals surface area contributed by atoms with Gasteiger partial charge >= 0.3 is 0 Å². The molecule has 1 fully saturated rings. The topological polar surface area (TPSA) is 25.2 Å². The second-order valence-electron chi connectivity index (χ2n) is 5.68. The van der Waals surface area contributed by atoms with Crippen LogP contribution in [0.3, 0.4) is 0 Å². The highest BCUT2D eigenvalue weighted by Crippen LogP contribution is 2.24. The first kappa shape index (κ1) is 13.3. The van der Waals surface area contributed by atoms with Gasteiger partial charge in [-0.3, -0.25) is 4.79 Å². The maximum absolute atomic E-state index is 11.6. The molecule has 100 valence electrons. The fraction of sp³-hybridized carbons (Fsp3) is 0.667. The Balaban J connectivity index is 1.87. The number of aryl methyl sites for hydroxylation is 1. The third-order valence-corrected chi connectivity index (χ3v) is 3.92. The summed E-state index contributed by atoms with van der Waals surface area (Å²) in [6, 6.07) is 3.79. The summed E-state index contributed by atoms with van der Waals surface area (Å²) in [6.07, 6.45) is 8.80.